The molecule has 0 radical (unpaired) electrons. The van der Waals surface area contributed by atoms with Gasteiger partial charge in [-0.15, -0.1) is 0 Å². The Morgan fingerprint density at radius 1 is 0.441 bits per heavy atom. The molecule has 0 fully saturated rings. The minimum Gasteiger partial charge on any atom is -0.462 e. The summed E-state index contributed by atoms with van der Waals surface area (Å²) in [6.07, 6.45) is 54.7. The lowest BCUT2D eigenvalue weighted by Gasteiger charge is -2.21. The molecule has 0 aromatic heterocycles. The summed E-state index contributed by atoms with van der Waals surface area (Å²) in [6, 6.07) is 0. The fourth-order valence-electron chi connectivity index (χ4n) is 7.07. The van der Waals surface area contributed by atoms with E-state index in [2.05, 4.69) is 69.4 Å². The maximum Gasteiger partial charge on any atom is 0.472 e. The van der Waals surface area contributed by atoms with Crippen molar-refractivity contribution in [2.45, 2.75) is 238 Å². The van der Waals surface area contributed by atoms with Crippen molar-refractivity contribution in [1.29, 1.82) is 0 Å². The molecule has 3 atom stereocenters. The summed E-state index contributed by atoms with van der Waals surface area (Å²) < 4.78 is 39.2. The van der Waals surface area contributed by atoms with Gasteiger partial charge in [-0.25, -0.2) is 4.57 Å². The Morgan fingerprint density at radius 2 is 0.824 bits per heavy atom. The van der Waals surface area contributed by atoms with Gasteiger partial charge in [0.1, 0.15) is 12.7 Å². The number of ether oxygens (including phenoxy) is 3. The zero-order valence-corrected chi connectivity index (χ0v) is 43.9. The molecule has 0 aliphatic carbocycles. The number of rotatable bonds is 49. The van der Waals surface area contributed by atoms with E-state index < -0.39 is 57.8 Å². The van der Waals surface area contributed by atoms with Gasteiger partial charge in [-0.2, -0.15) is 0 Å². The second-order valence-corrected chi connectivity index (χ2v) is 19.1. The van der Waals surface area contributed by atoms with Crippen molar-refractivity contribution in [2.75, 3.05) is 26.4 Å². The molecular formula is C56H97O11P. The Balaban J connectivity index is 4.81. The third-order valence-corrected chi connectivity index (χ3v) is 12.1. The van der Waals surface area contributed by atoms with E-state index in [1.165, 1.54) is 83.5 Å². The normalized spacial score (nSPS) is 14.0. The standard InChI is InChI=1S/C56H97O11P/c1-4-7-10-13-16-19-22-24-26-28-31-34-37-40-43-46-55(59)66-52(48-57)50-64-68(61,62)65-51-53(49-63-54(58)45-42-39-36-33-30-21-18-15-12-9-6-3)67-56(60)47-44-41-38-35-32-29-27-25-23-20-17-14-11-8-5-2/h8,11,17,20,24-27,32,35,41,44,52-53,57H,4-7,9-10,12-16,18-19,21-23,28-31,33-34,36-40,42-43,45-51H2,1-3H3,(H,61,62)/b11-8-,20-17-,26-24-,27-25-,35-32-,44-41-. The van der Waals surface area contributed by atoms with Gasteiger partial charge in [0.05, 0.1) is 26.2 Å². The number of carbonyl (C=O) groups excluding carboxylic acids is 3. The first kappa shape index (κ1) is 64.9. The van der Waals surface area contributed by atoms with Crippen LogP contribution in [0.2, 0.25) is 0 Å². The third kappa shape index (κ3) is 48.0. The van der Waals surface area contributed by atoms with Gasteiger partial charge >= 0.3 is 25.7 Å². The molecule has 12 heteroatoms. The second-order valence-electron chi connectivity index (χ2n) is 17.7. The fraction of sp³-hybridized carbons (Fsp3) is 0.732. The monoisotopic (exact) mass is 977 g/mol. The van der Waals surface area contributed by atoms with Crippen LogP contribution in [-0.4, -0.2) is 66.5 Å². The highest BCUT2D eigenvalue weighted by atomic mass is 31.2. The summed E-state index contributed by atoms with van der Waals surface area (Å²) in [5.41, 5.74) is 0. The Morgan fingerprint density at radius 3 is 1.28 bits per heavy atom. The van der Waals surface area contributed by atoms with Gasteiger partial charge in [-0.3, -0.25) is 23.4 Å². The number of hydrogen-bond donors (Lipinski definition) is 2. The predicted octanol–water partition coefficient (Wildman–Crippen LogP) is 15.4. The number of aliphatic hydroxyl groups excluding tert-OH is 1. The average Bonchev–Trinajstić information content (AvgIpc) is 3.32. The summed E-state index contributed by atoms with van der Waals surface area (Å²) in [6.45, 7) is 4.39. The van der Waals surface area contributed by atoms with E-state index in [0.29, 0.717) is 19.3 Å². The molecule has 68 heavy (non-hydrogen) atoms. The molecule has 0 aromatic rings. The van der Waals surface area contributed by atoms with Crippen LogP contribution in [0.1, 0.15) is 226 Å². The molecule has 0 aliphatic heterocycles. The molecule has 0 rings (SSSR count). The zero-order chi connectivity index (χ0) is 49.9. The van der Waals surface area contributed by atoms with Crippen molar-refractivity contribution in [3.05, 3.63) is 72.9 Å². The molecule has 0 bridgehead atoms. The van der Waals surface area contributed by atoms with Crippen LogP contribution in [0.15, 0.2) is 72.9 Å². The topological polar surface area (TPSA) is 155 Å². The summed E-state index contributed by atoms with van der Waals surface area (Å²) in [7, 11) is -4.77. The molecule has 3 unspecified atom stereocenters. The molecule has 0 saturated carbocycles. The Bertz CT molecular complexity index is 1420. The first-order valence-corrected chi connectivity index (χ1v) is 28.3. The van der Waals surface area contributed by atoms with Crippen LogP contribution in [0.3, 0.4) is 0 Å². The van der Waals surface area contributed by atoms with Gasteiger partial charge in [0, 0.05) is 12.8 Å². The van der Waals surface area contributed by atoms with E-state index in [9.17, 15) is 28.9 Å². The minimum absolute atomic E-state index is 0.0649. The lowest BCUT2D eigenvalue weighted by Crippen LogP contribution is -2.30. The van der Waals surface area contributed by atoms with E-state index >= 15 is 0 Å². The number of aliphatic hydroxyl groups is 1. The molecule has 2 N–H and O–H groups in total. The summed E-state index contributed by atoms with van der Waals surface area (Å²) in [5.74, 6) is -1.63. The first-order valence-electron chi connectivity index (χ1n) is 26.8. The van der Waals surface area contributed by atoms with Crippen molar-refractivity contribution in [1.82, 2.24) is 0 Å². The minimum atomic E-state index is -4.77. The molecule has 11 nitrogen and oxygen atoms in total. The molecule has 0 spiro atoms. The van der Waals surface area contributed by atoms with Crippen LogP contribution in [-0.2, 0) is 42.2 Å². The maximum atomic E-state index is 12.8. The Hall–Kier alpha value is -3.08. The summed E-state index contributed by atoms with van der Waals surface area (Å²) in [5, 5.41) is 9.78. The second kappa shape index (κ2) is 50.3. The molecule has 0 amide bonds. The number of phosphoric ester groups is 1. The number of allylic oxidation sites excluding steroid dienone is 11. The molecule has 392 valence electrons. The molecule has 0 aromatic carbocycles. The van der Waals surface area contributed by atoms with Crippen LogP contribution >= 0.6 is 7.82 Å². The number of phosphoric acid groups is 1. The summed E-state index contributed by atoms with van der Waals surface area (Å²) in [4.78, 5) is 48.3. The smallest absolute Gasteiger partial charge is 0.462 e. The van der Waals surface area contributed by atoms with Crippen molar-refractivity contribution in [3.63, 3.8) is 0 Å². The SMILES string of the molecule is CC/C=C\C/C=C\C/C=C\C/C=C\C/C=C\CC(=O)OC(COC(=O)CCCCCCCCCCCCC)COP(=O)(O)OCC(CO)OC(=O)CCCCCCC/C=C\CCCCCCCC. The number of carbonyl (C=O) groups is 3. The van der Waals surface area contributed by atoms with Gasteiger partial charge in [0.25, 0.3) is 0 Å². The molecule has 0 heterocycles. The van der Waals surface area contributed by atoms with E-state index in [4.69, 9.17) is 23.3 Å². The zero-order valence-electron chi connectivity index (χ0n) is 43.1. The summed E-state index contributed by atoms with van der Waals surface area (Å²) >= 11 is 0. The van der Waals surface area contributed by atoms with Gasteiger partial charge in [0.15, 0.2) is 6.10 Å². The molecular weight excluding hydrogens is 880 g/mol. The predicted molar refractivity (Wildman–Crippen MR) is 279 cm³/mol. The van der Waals surface area contributed by atoms with Crippen LogP contribution in [0.25, 0.3) is 0 Å². The number of unbranched alkanes of at least 4 members (excludes halogenated alkanes) is 21. The van der Waals surface area contributed by atoms with Crippen molar-refractivity contribution < 1.29 is 52.2 Å². The van der Waals surface area contributed by atoms with Gasteiger partial charge in [-0.05, 0) is 70.6 Å². The first-order chi connectivity index (χ1) is 33.2. The number of hydrogen-bond acceptors (Lipinski definition) is 10. The quantitative estimate of drug-likeness (QED) is 0.0197. The lowest BCUT2D eigenvalue weighted by atomic mass is 10.1. The Labute approximate surface area is 414 Å². The average molecular weight is 977 g/mol. The van der Waals surface area contributed by atoms with Gasteiger partial charge < -0.3 is 24.2 Å². The van der Waals surface area contributed by atoms with E-state index in [1.807, 2.05) is 18.2 Å². The molecule has 0 aliphatic rings. The van der Waals surface area contributed by atoms with Crippen LogP contribution in [0.4, 0.5) is 0 Å². The van der Waals surface area contributed by atoms with Crippen molar-refractivity contribution in [3.8, 4) is 0 Å². The lowest BCUT2D eigenvalue weighted by molar-refractivity contribution is -0.160. The third-order valence-electron chi connectivity index (χ3n) is 11.1. The van der Waals surface area contributed by atoms with Gasteiger partial charge in [0.2, 0.25) is 0 Å². The van der Waals surface area contributed by atoms with Crippen LogP contribution in [0, 0.1) is 0 Å². The fourth-order valence-corrected chi connectivity index (χ4v) is 7.86. The maximum absolute atomic E-state index is 12.8. The highest BCUT2D eigenvalue weighted by molar-refractivity contribution is 7.47. The van der Waals surface area contributed by atoms with E-state index in [-0.39, 0.29) is 25.9 Å². The van der Waals surface area contributed by atoms with Crippen LogP contribution < -0.4 is 0 Å². The van der Waals surface area contributed by atoms with Gasteiger partial charge in [-0.1, -0.05) is 209 Å². The molecule has 0 saturated heterocycles. The van der Waals surface area contributed by atoms with Crippen molar-refractivity contribution >= 4 is 25.7 Å². The largest absolute Gasteiger partial charge is 0.472 e. The Kier molecular flexibility index (Phi) is 48.0. The van der Waals surface area contributed by atoms with Crippen LogP contribution in [0.5, 0.6) is 0 Å². The van der Waals surface area contributed by atoms with E-state index in [0.717, 1.165) is 83.5 Å². The van der Waals surface area contributed by atoms with E-state index in [1.54, 1.807) is 6.08 Å². The highest BCUT2D eigenvalue weighted by Gasteiger charge is 2.28. The highest BCUT2D eigenvalue weighted by Crippen LogP contribution is 2.43. The van der Waals surface area contributed by atoms with Crippen molar-refractivity contribution in [2.24, 2.45) is 0 Å². The number of esters is 3.